The van der Waals surface area contributed by atoms with E-state index < -0.39 is 37.3 Å². The third-order valence-electron chi connectivity index (χ3n) is 2.05. The Balaban J connectivity index is 0. The number of aromatic nitrogens is 1. The van der Waals surface area contributed by atoms with Gasteiger partial charge in [-0.2, -0.15) is 0 Å². The maximum absolute atomic E-state index is 8.89. The van der Waals surface area contributed by atoms with Crippen molar-refractivity contribution in [2.45, 2.75) is 39.2 Å². The molecular formula is C11H18Cl2I2NO4+. The van der Waals surface area contributed by atoms with E-state index in [1.165, 1.54) is 32.2 Å². The van der Waals surface area contributed by atoms with Crippen molar-refractivity contribution in [3.05, 3.63) is 30.6 Å². The molecule has 1 heterocycles. The van der Waals surface area contributed by atoms with E-state index in [0.29, 0.717) is 0 Å². The number of aryl methyl sites for hydroxylation is 1. The molecule has 0 aliphatic heterocycles. The summed E-state index contributed by atoms with van der Waals surface area (Å²) in [6.45, 7) is 3.41. The lowest BCUT2D eigenvalue weighted by Gasteiger charge is -1.95. The molecule has 0 bridgehead atoms. The lowest BCUT2D eigenvalue weighted by atomic mass is 10.2. The second-order valence-electron chi connectivity index (χ2n) is 3.53. The minimum absolute atomic E-state index is 1.17. The van der Waals surface area contributed by atoms with Gasteiger partial charge in [0.15, 0.2) is 12.4 Å². The molecule has 0 fully saturated rings. The number of unbranched alkanes of at least 4 members (excludes halogenated alkanes) is 3. The Hall–Kier alpha value is 0.390. The Morgan fingerprint density at radius 1 is 0.850 bits per heavy atom. The van der Waals surface area contributed by atoms with Gasteiger partial charge in [0.25, 0.3) is 0 Å². The van der Waals surface area contributed by atoms with Gasteiger partial charge < -0.3 is 0 Å². The Labute approximate surface area is 140 Å². The van der Waals surface area contributed by atoms with E-state index in [0.717, 1.165) is 0 Å². The monoisotopic (exact) mass is 552 g/mol. The molecule has 9 heteroatoms. The third-order valence-corrected chi connectivity index (χ3v) is 2.05. The van der Waals surface area contributed by atoms with E-state index in [9.17, 15) is 0 Å². The summed E-state index contributed by atoms with van der Waals surface area (Å²) >= 11 is -6.58. The molecule has 1 rings (SSSR count). The summed E-state index contributed by atoms with van der Waals surface area (Å²) in [6.07, 6.45) is 9.62. The first-order valence-corrected chi connectivity index (χ1v) is 14.8. The fraction of sp³-hybridized carbons (Fsp3) is 0.545. The predicted molar refractivity (Wildman–Crippen MR) is 93.3 cm³/mol. The van der Waals surface area contributed by atoms with Gasteiger partial charge in [-0.3, -0.25) is 0 Å². The zero-order chi connectivity index (χ0) is 15.8. The maximum atomic E-state index is 8.89. The summed E-state index contributed by atoms with van der Waals surface area (Å²) in [5.74, 6) is 0. The van der Waals surface area contributed by atoms with Gasteiger partial charge in [0, 0.05) is 36.4 Å². The van der Waals surface area contributed by atoms with Crippen molar-refractivity contribution in [2.24, 2.45) is 0 Å². The Morgan fingerprint density at radius 2 is 1.30 bits per heavy atom. The number of halogens is 4. The summed E-state index contributed by atoms with van der Waals surface area (Å²) in [6, 6.07) is 6.22. The molecule has 0 saturated heterocycles. The highest BCUT2D eigenvalue weighted by molar-refractivity contribution is 14.2. The van der Waals surface area contributed by atoms with Crippen LogP contribution in [0.2, 0.25) is 0 Å². The van der Waals surface area contributed by atoms with Crippen LogP contribution >= 0.6 is 55.1 Å². The van der Waals surface area contributed by atoms with Crippen LogP contribution < -0.4 is 4.57 Å². The van der Waals surface area contributed by atoms with Crippen LogP contribution in [0.4, 0.5) is 0 Å². The van der Waals surface area contributed by atoms with Crippen LogP contribution in [-0.2, 0) is 18.8 Å². The first-order chi connectivity index (χ1) is 9.40. The molecule has 1 aromatic heterocycles. The Morgan fingerprint density at radius 3 is 1.70 bits per heavy atom. The van der Waals surface area contributed by atoms with Gasteiger partial charge in [-0.05, 0) is 6.42 Å². The normalized spacial score (nSPS) is 9.45. The zero-order valence-corrected chi connectivity index (χ0v) is 16.8. The molecule has 0 N–H and O–H groups in total. The molecule has 0 amide bonds. The molecular weight excluding hydrogens is 535 g/mol. The Bertz CT molecular complexity index is 429. The van der Waals surface area contributed by atoms with Crippen molar-refractivity contribution in [3.8, 4) is 0 Å². The molecule has 20 heavy (non-hydrogen) atoms. The second kappa shape index (κ2) is 17.4. The molecule has 0 saturated carbocycles. The minimum Gasteiger partial charge on any atom is -0.217 e. The number of pyridine rings is 1. The molecule has 1 aromatic rings. The van der Waals surface area contributed by atoms with Gasteiger partial charge in [0.05, 0.1) is 0 Å². The predicted octanol–water partition coefficient (Wildman–Crippen LogP) is 5.23. The zero-order valence-electron chi connectivity index (χ0n) is 11.0. The topological polar surface area (TPSA) is 72.2 Å². The molecule has 5 nitrogen and oxygen atoms in total. The van der Waals surface area contributed by atoms with Gasteiger partial charge in [0.2, 0.25) is 0 Å². The van der Waals surface area contributed by atoms with Gasteiger partial charge in [-0.15, -0.1) is 0 Å². The fourth-order valence-electron chi connectivity index (χ4n) is 1.30. The smallest absolute Gasteiger partial charge is 0.217 e. The summed E-state index contributed by atoms with van der Waals surface area (Å²) in [5.41, 5.74) is 0. The van der Waals surface area contributed by atoms with Crippen LogP contribution in [0.25, 0.3) is 0 Å². The Kier molecular flexibility index (Phi) is 19.8. The number of nitrogens with zero attached hydrogens (tertiary/aromatic N) is 1. The van der Waals surface area contributed by atoms with E-state index in [1.54, 1.807) is 0 Å². The first-order valence-electron chi connectivity index (χ1n) is 5.78. The van der Waals surface area contributed by atoms with Gasteiger partial charge in [0.1, 0.15) is 6.54 Å². The van der Waals surface area contributed by atoms with Crippen molar-refractivity contribution in [2.75, 3.05) is 0 Å². The maximum Gasteiger partial charge on any atom is 0.409 e. The highest BCUT2D eigenvalue weighted by Gasteiger charge is 1.95. The highest BCUT2D eigenvalue weighted by Crippen LogP contribution is 2.07. The summed E-state index contributed by atoms with van der Waals surface area (Å²) in [5, 5.41) is 0. The van der Waals surface area contributed by atoms with Crippen LogP contribution in [0.15, 0.2) is 30.6 Å². The minimum atomic E-state index is -3.29. The molecule has 0 radical (unpaired) electrons. The van der Waals surface area contributed by atoms with E-state index in [-0.39, 0.29) is 0 Å². The third kappa shape index (κ3) is 26.9. The molecule has 0 unspecified atom stereocenters. The van der Waals surface area contributed by atoms with Gasteiger partial charge >= 0.3 is 37.3 Å². The molecule has 0 aromatic carbocycles. The molecule has 118 valence electrons. The number of hydrogen-bond acceptors (Lipinski definition) is 4. The number of hydrogen-bond donors (Lipinski definition) is 0. The molecule has 0 spiro atoms. The average Bonchev–Trinajstić information content (AvgIpc) is 2.35. The molecule has 0 aliphatic rings. The second-order valence-corrected chi connectivity index (χ2v) is 8.71. The van der Waals surface area contributed by atoms with Crippen molar-refractivity contribution < 1.29 is 16.8 Å². The van der Waals surface area contributed by atoms with Gasteiger partial charge in [-0.25, -0.2) is 16.8 Å². The van der Waals surface area contributed by atoms with E-state index in [2.05, 4.69) is 59.9 Å². The van der Waals surface area contributed by atoms with Crippen LogP contribution in [0.3, 0.4) is 0 Å². The lowest BCUT2D eigenvalue weighted by molar-refractivity contribution is -0.697. The van der Waals surface area contributed by atoms with Crippen LogP contribution in [-0.4, -0.2) is 0 Å². The summed E-state index contributed by atoms with van der Waals surface area (Å²) in [7, 11) is 8.64. The lowest BCUT2D eigenvalue weighted by Crippen LogP contribution is -2.32. The van der Waals surface area contributed by atoms with Gasteiger partial charge in [-0.1, -0.05) is 25.8 Å². The first kappa shape index (κ1) is 22.7. The van der Waals surface area contributed by atoms with E-state index in [1.807, 2.05) is 0 Å². The van der Waals surface area contributed by atoms with Crippen LogP contribution in [0, 0.1) is 0 Å². The van der Waals surface area contributed by atoms with E-state index >= 15 is 0 Å². The van der Waals surface area contributed by atoms with Crippen LogP contribution in [0.5, 0.6) is 0 Å². The van der Waals surface area contributed by atoms with Crippen molar-refractivity contribution >= 4 is 55.1 Å². The standard InChI is InChI=1S/C11H18N.2ClIO2/c1-2-3-4-6-9-12-10-7-5-8-11-12;2*1-2(3)4/h5,7-8,10-11H,2-4,6,9H2,1H3;;/q+1;;. The fourth-order valence-corrected chi connectivity index (χ4v) is 1.30. The largest absolute Gasteiger partial charge is 0.409 e. The average molecular weight is 553 g/mol. The SMILES string of the molecule is CCCCCC[n+]1ccccc1.O=I(=O)Cl.O=I(=O)Cl. The van der Waals surface area contributed by atoms with Crippen molar-refractivity contribution in [1.29, 1.82) is 0 Å². The quantitative estimate of drug-likeness (QED) is 0.285. The van der Waals surface area contributed by atoms with E-state index in [4.69, 9.17) is 12.3 Å². The van der Waals surface area contributed by atoms with Crippen LogP contribution in [0.1, 0.15) is 32.6 Å². The number of rotatable bonds is 5. The highest BCUT2D eigenvalue weighted by atomic mass is 127. The molecule has 0 atom stereocenters. The molecule has 0 aliphatic carbocycles. The van der Waals surface area contributed by atoms with Crippen molar-refractivity contribution in [3.63, 3.8) is 0 Å². The van der Waals surface area contributed by atoms with Crippen molar-refractivity contribution in [1.82, 2.24) is 0 Å². The summed E-state index contributed by atoms with van der Waals surface area (Å²) in [4.78, 5) is 0. The summed E-state index contributed by atoms with van der Waals surface area (Å²) < 4.78 is 37.8.